The van der Waals surface area contributed by atoms with E-state index in [0.717, 1.165) is 32.7 Å². The number of rotatable bonds is 3. The Hall–Kier alpha value is -2.49. The van der Waals surface area contributed by atoms with Crippen molar-refractivity contribution in [2.45, 2.75) is 5.25 Å². The Balaban J connectivity index is 2.02. The van der Waals surface area contributed by atoms with E-state index < -0.39 is 16.3 Å². The first-order valence-electron chi connectivity index (χ1n) is 7.79. The molecule has 4 aromatic rings. The minimum absolute atomic E-state index is 0.692. The Labute approximate surface area is 143 Å². The van der Waals surface area contributed by atoms with Gasteiger partial charge in [-0.05, 0) is 43.8 Å². The summed E-state index contributed by atoms with van der Waals surface area (Å²) in [6.45, 7) is 0. The standard InChI is InChI=1S/C21H16O2S/c22-24(23)21(19-13-5-9-15-7-1-3-11-17(15)19)20-14-6-10-16-8-2-4-12-18(16)20/h1-14,21H,(H,22,23)/p-1. The maximum Gasteiger partial charge on any atom is 0.0726 e. The zero-order valence-corrected chi connectivity index (χ0v) is 13.7. The van der Waals surface area contributed by atoms with Crippen molar-refractivity contribution < 1.29 is 8.76 Å². The molecule has 3 heteroatoms. The van der Waals surface area contributed by atoms with Crippen LogP contribution in [-0.2, 0) is 11.1 Å². The molecule has 0 radical (unpaired) electrons. The number of benzene rings is 4. The van der Waals surface area contributed by atoms with Crippen molar-refractivity contribution in [2.75, 3.05) is 0 Å². The highest BCUT2D eigenvalue weighted by Gasteiger charge is 2.19. The quantitative estimate of drug-likeness (QED) is 0.498. The third kappa shape index (κ3) is 2.52. The SMILES string of the molecule is O=S([O-])C(c1cccc2ccccc12)c1cccc2ccccc12. The molecule has 0 heterocycles. The van der Waals surface area contributed by atoms with Crippen molar-refractivity contribution >= 4 is 32.6 Å². The third-order valence-electron chi connectivity index (χ3n) is 4.40. The minimum Gasteiger partial charge on any atom is -0.772 e. The Bertz CT molecular complexity index is 966. The lowest BCUT2D eigenvalue weighted by Crippen LogP contribution is -2.09. The highest BCUT2D eigenvalue weighted by Crippen LogP contribution is 2.36. The van der Waals surface area contributed by atoms with Crippen LogP contribution in [0.2, 0.25) is 0 Å². The van der Waals surface area contributed by atoms with Gasteiger partial charge in [0.1, 0.15) is 0 Å². The molecule has 0 aliphatic heterocycles. The van der Waals surface area contributed by atoms with Crippen LogP contribution in [0.5, 0.6) is 0 Å². The van der Waals surface area contributed by atoms with E-state index in [2.05, 4.69) is 0 Å². The first kappa shape index (κ1) is 15.1. The fraction of sp³-hybridized carbons (Fsp3) is 0.0476. The molecule has 0 fully saturated rings. The van der Waals surface area contributed by atoms with Gasteiger partial charge in [-0.3, -0.25) is 4.21 Å². The molecule has 1 atom stereocenters. The summed E-state index contributed by atoms with van der Waals surface area (Å²) in [6, 6.07) is 27.5. The maximum atomic E-state index is 12.2. The highest BCUT2D eigenvalue weighted by atomic mass is 32.2. The van der Waals surface area contributed by atoms with Gasteiger partial charge in [-0.2, -0.15) is 0 Å². The van der Waals surface area contributed by atoms with Crippen LogP contribution in [0, 0.1) is 0 Å². The van der Waals surface area contributed by atoms with Crippen molar-refractivity contribution in [3.05, 3.63) is 96.1 Å². The zero-order chi connectivity index (χ0) is 16.5. The van der Waals surface area contributed by atoms with Crippen molar-refractivity contribution in [3.8, 4) is 0 Å². The van der Waals surface area contributed by atoms with Crippen LogP contribution in [0.4, 0.5) is 0 Å². The average molecular weight is 331 g/mol. The normalized spacial score (nSPS) is 12.8. The predicted octanol–water partition coefficient (Wildman–Crippen LogP) is 4.96. The Morgan fingerprint density at radius 3 is 1.50 bits per heavy atom. The van der Waals surface area contributed by atoms with Gasteiger partial charge in [0.25, 0.3) is 0 Å². The first-order chi connectivity index (χ1) is 11.8. The molecule has 0 saturated carbocycles. The topological polar surface area (TPSA) is 40.1 Å². The number of hydrogen-bond acceptors (Lipinski definition) is 2. The van der Waals surface area contributed by atoms with E-state index in [-0.39, 0.29) is 0 Å². The third-order valence-corrected chi connectivity index (χ3v) is 5.30. The molecule has 118 valence electrons. The van der Waals surface area contributed by atoms with E-state index in [1.54, 1.807) is 0 Å². The molecule has 24 heavy (non-hydrogen) atoms. The van der Waals surface area contributed by atoms with Crippen LogP contribution in [0.15, 0.2) is 84.9 Å². The molecular weight excluding hydrogens is 316 g/mol. The van der Waals surface area contributed by atoms with Gasteiger partial charge >= 0.3 is 0 Å². The lowest BCUT2D eigenvalue weighted by molar-refractivity contribution is 0.530. The smallest absolute Gasteiger partial charge is 0.0726 e. The fourth-order valence-electron chi connectivity index (χ4n) is 3.33. The van der Waals surface area contributed by atoms with E-state index in [9.17, 15) is 8.76 Å². The molecular formula is C21H15O2S-. The van der Waals surface area contributed by atoms with Crippen LogP contribution < -0.4 is 0 Å². The van der Waals surface area contributed by atoms with Gasteiger partial charge in [-0.15, -0.1) is 0 Å². The molecule has 0 bridgehead atoms. The van der Waals surface area contributed by atoms with Gasteiger partial charge in [-0.1, -0.05) is 84.9 Å². The van der Waals surface area contributed by atoms with Gasteiger partial charge in [-0.25, -0.2) is 0 Å². The molecule has 0 saturated heterocycles. The minimum atomic E-state index is -2.27. The molecule has 0 aliphatic carbocycles. The summed E-state index contributed by atoms with van der Waals surface area (Å²) in [5, 5.41) is 3.35. The molecule has 2 nitrogen and oxygen atoms in total. The van der Waals surface area contributed by atoms with Gasteiger partial charge in [0.15, 0.2) is 0 Å². The van der Waals surface area contributed by atoms with Gasteiger partial charge in [0, 0.05) is 0 Å². The molecule has 4 aromatic carbocycles. The van der Waals surface area contributed by atoms with Crippen molar-refractivity contribution in [3.63, 3.8) is 0 Å². The van der Waals surface area contributed by atoms with Gasteiger partial charge in [0.05, 0.1) is 5.25 Å². The lowest BCUT2D eigenvalue weighted by atomic mass is 9.94. The lowest BCUT2D eigenvalue weighted by Gasteiger charge is -2.24. The van der Waals surface area contributed by atoms with Crippen LogP contribution in [-0.4, -0.2) is 8.76 Å². The van der Waals surface area contributed by atoms with Crippen LogP contribution >= 0.6 is 0 Å². The summed E-state index contributed by atoms with van der Waals surface area (Å²) in [6.07, 6.45) is 0. The number of fused-ring (bicyclic) bond motifs is 2. The van der Waals surface area contributed by atoms with Gasteiger partial charge in [0.2, 0.25) is 0 Å². The Kier molecular flexibility index (Phi) is 3.89. The van der Waals surface area contributed by atoms with Gasteiger partial charge < -0.3 is 4.55 Å². The van der Waals surface area contributed by atoms with Crippen molar-refractivity contribution in [1.82, 2.24) is 0 Å². The molecule has 0 aliphatic rings. The molecule has 1 unspecified atom stereocenters. The van der Waals surface area contributed by atoms with E-state index in [0.29, 0.717) is 0 Å². The molecule has 0 aromatic heterocycles. The summed E-state index contributed by atoms with van der Waals surface area (Å²) < 4.78 is 24.4. The monoisotopic (exact) mass is 331 g/mol. The van der Waals surface area contributed by atoms with Crippen LogP contribution in [0.1, 0.15) is 16.4 Å². The summed E-state index contributed by atoms with van der Waals surface area (Å²) >= 11 is -2.27. The molecule has 0 spiro atoms. The summed E-state index contributed by atoms with van der Waals surface area (Å²) in [7, 11) is 0. The zero-order valence-electron chi connectivity index (χ0n) is 12.9. The van der Waals surface area contributed by atoms with Crippen molar-refractivity contribution in [2.24, 2.45) is 0 Å². The molecule has 4 rings (SSSR count). The Morgan fingerprint density at radius 2 is 1.04 bits per heavy atom. The average Bonchev–Trinajstić information content (AvgIpc) is 2.62. The van der Waals surface area contributed by atoms with E-state index in [1.165, 1.54) is 0 Å². The Morgan fingerprint density at radius 1 is 0.625 bits per heavy atom. The van der Waals surface area contributed by atoms with E-state index in [4.69, 9.17) is 0 Å². The summed E-state index contributed by atoms with van der Waals surface area (Å²) in [5.74, 6) is 0. The summed E-state index contributed by atoms with van der Waals surface area (Å²) in [4.78, 5) is 0. The predicted molar refractivity (Wildman–Crippen MR) is 98.7 cm³/mol. The molecule has 0 N–H and O–H groups in total. The fourth-order valence-corrected chi connectivity index (χ4v) is 4.16. The summed E-state index contributed by atoms with van der Waals surface area (Å²) in [5.41, 5.74) is 1.63. The van der Waals surface area contributed by atoms with Crippen LogP contribution in [0.3, 0.4) is 0 Å². The van der Waals surface area contributed by atoms with E-state index >= 15 is 0 Å². The second-order valence-electron chi connectivity index (χ2n) is 5.78. The second-order valence-corrected chi connectivity index (χ2v) is 6.77. The number of hydrogen-bond donors (Lipinski definition) is 0. The van der Waals surface area contributed by atoms with E-state index in [1.807, 2.05) is 84.9 Å². The maximum absolute atomic E-state index is 12.2. The second kappa shape index (κ2) is 6.19. The molecule has 0 amide bonds. The largest absolute Gasteiger partial charge is 0.772 e. The highest BCUT2D eigenvalue weighted by molar-refractivity contribution is 7.79. The first-order valence-corrected chi connectivity index (χ1v) is 8.93. The van der Waals surface area contributed by atoms with Crippen molar-refractivity contribution in [1.29, 1.82) is 0 Å². The van der Waals surface area contributed by atoms with Crippen LogP contribution in [0.25, 0.3) is 21.5 Å².